The van der Waals surface area contributed by atoms with Crippen LogP contribution in [0, 0.1) is 0 Å². The number of benzene rings is 2. The third kappa shape index (κ3) is 2.93. The summed E-state index contributed by atoms with van der Waals surface area (Å²) in [7, 11) is 0. The summed E-state index contributed by atoms with van der Waals surface area (Å²) in [6, 6.07) is 17.1. The molecule has 5 rings (SSSR count). The fourth-order valence-electron chi connectivity index (χ4n) is 3.71. The molecule has 0 aliphatic carbocycles. The summed E-state index contributed by atoms with van der Waals surface area (Å²) >= 11 is 0. The molecule has 0 spiro atoms. The number of allylic oxidation sites excluding steroid dienone is 1. The Morgan fingerprint density at radius 1 is 1.07 bits per heavy atom. The molecule has 7 heteroatoms. The van der Waals surface area contributed by atoms with Crippen LogP contribution < -0.4 is 5.32 Å². The number of hydrogen-bond donors (Lipinski definition) is 1. The van der Waals surface area contributed by atoms with Crippen molar-refractivity contribution in [3.63, 3.8) is 0 Å². The molecule has 0 fully saturated rings. The highest BCUT2D eigenvalue weighted by molar-refractivity contribution is 6.28. The van der Waals surface area contributed by atoms with Crippen LogP contribution in [0.2, 0.25) is 0 Å². The second-order valence-electron chi connectivity index (χ2n) is 6.97. The minimum Gasteiger partial charge on any atom is -0.335 e. The van der Waals surface area contributed by atoms with Crippen molar-refractivity contribution in [1.29, 1.82) is 0 Å². The Kier molecular flexibility index (Phi) is 3.87. The van der Waals surface area contributed by atoms with Gasteiger partial charge < -0.3 is 9.88 Å². The van der Waals surface area contributed by atoms with Gasteiger partial charge in [0.25, 0.3) is 0 Å². The summed E-state index contributed by atoms with van der Waals surface area (Å²) in [4.78, 5) is 24.8. The normalized spacial score (nSPS) is 12.7. The van der Waals surface area contributed by atoms with E-state index in [1.807, 2.05) is 18.2 Å². The van der Waals surface area contributed by atoms with E-state index < -0.39 is 0 Å². The van der Waals surface area contributed by atoms with Crippen molar-refractivity contribution in [1.82, 2.24) is 19.6 Å². The number of anilines is 1. The van der Waals surface area contributed by atoms with Gasteiger partial charge in [0.1, 0.15) is 5.70 Å². The highest BCUT2D eigenvalue weighted by Gasteiger charge is 2.23. The van der Waals surface area contributed by atoms with Crippen molar-refractivity contribution in [3.05, 3.63) is 77.7 Å². The number of amides is 1. The summed E-state index contributed by atoms with van der Waals surface area (Å²) in [5, 5.41) is 12.0. The van der Waals surface area contributed by atoms with Crippen molar-refractivity contribution in [3.8, 4) is 0 Å². The Bertz CT molecular complexity index is 1310. The molecule has 2 aromatic carbocycles. The number of aromatic nitrogens is 4. The first-order valence-electron chi connectivity index (χ1n) is 9.22. The molecule has 0 atom stereocenters. The molecule has 0 bridgehead atoms. The summed E-state index contributed by atoms with van der Waals surface area (Å²) in [6.07, 6.45) is 3.53. The fraction of sp³-hybridized carbons (Fsp3) is 0.0909. The van der Waals surface area contributed by atoms with Crippen molar-refractivity contribution >= 4 is 40.1 Å². The zero-order chi connectivity index (χ0) is 20.0. The molecule has 0 saturated heterocycles. The SMILES string of the molecule is CC(=O)Nc1cccc(C(=O)C2=Cc3cc4ccccc4n3Cc3cnnn32)c1. The molecule has 0 radical (unpaired) electrons. The van der Waals surface area contributed by atoms with E-state index in [1.165, 1.54) is 6.92 Å². The number of carbonyl (C=O) groups excluding carboxylic acids is 2. The molecular weight excluding hydrogens is 366 g/mol. The summed E-state index contributed by atoms with van der Waals surface area (Å²) in [6.45, 7) is 2.00. The Morgan fingerprint density at radius 3 is 2.79 bits per heavy atom. The summed E-state index contributed by atoms with van der Waals surface area (Å²) in [5.74, 6) is -0.381. The third-order valence-electron chi connectivity index (χ3n) is 4.97. The lowest BCUT2D eigenvalue weighted by Crippen LogP contribution is -2.13. The van der Waals surface area contributed by atoms with E-state index in [1.54, 1.807) is 35.1 Å². The van der Waals surface area contributed by atoms with Crippen LogP contribution in [0.4, 0.5) is 5.69 Å². The van der Waals surface area contributed by atoms with Gasteiger partial charge in [0.2, 0.25) is 11.7 Å². The highest BCUT2D eigenvalue weighted by atomic mass is 16.1. The number of carbonyl (C=O) groups is 2. The third-order valence-corrected chi connectivity index (χ3v) is 4.97. The second kappa shape index (κ2) is 6.56. The average Bonchev–Trinajstić information content (AvgIpc) is 3.27. The van der Waals surface area contributed by atoms with Gasteiger partial charge in [-0.15, -0.1) is 5.10 Å². The Hall–Kier alpha value is -4.00. The van der Waals surface area contributed by atoms with Crippen LogP contribution in [-0.2, 0) is 11.3 Å². The maximum absolute atomic E-state index is 13.4. The molecule has 0 saturated carbocycles. The Labute approximate surface area is 166 Å². The number of hydrogen-bond acceptors (Lipinski definition) is 4. The van der Waals surface area contributed by atoms with Gasteiger partial charge in [-0.1, -0.05) is 35.5 Å². The molecule has 1 N–H and O–H groups in total. The van der Waals surface area contributed by atoms with E-state index in [2.05, 4.69) is 38.4 Å². The minimum absolute atomic E-state index is 0.189. The van der Waals surface area contributed by atoms with Gasteiger partial charge in [0.05, 0.1) is 18.4 Å². The first kappa shape index (κ1) is 17.1. The predicted molar refractivity (Wildman–Crippen MR) is 110 cm³/mol. The van der Waals surface area contributed by atoms with E-state index in [-0.39, 0.29) is 11.7 Å². The second-order valence-corrected chi connectivity index (χ2v) is 6.97. The molecule has 1 amide bonds. The van der Waals surface area contributed by atoms with Crippen molar-refractivity contribution in [2.75, 3.05) is 5.32 Å². The van der Waals surface area contributed by atoms with E-state index in [9.17, 15) is 9.59 Å². The average molecular weight is 383 g/mol. The number of nitrogens with one attached hydrogen (secondary N) is 1. The number of fused-ring (bicyclic) bond motifs is 4. The first-order valence-corrected chi connectivity index (χ1v) is 9.22. The van der Waals surface area contributed by atoms with Gasteiger partial charge >= 0.3 is 0 Å². The van der Waals surface area contributed by atoms with Crippen LogP contribution in [0.25, 0.3) is 22.7 Å². The first-order chi connectivity index (χ1) is 14.1. The van der Waals surface area contributed by atoms with Crippen LogP contribution in [0.5, 0.6) is 0 Å². The van der Waals surface area contributed by atoms with E-state index >= 15 is 0 Å². The lowest BCUT2D eigenvalue weighted by molar-refractivity contribution is -0.114. The highest BCUT2D eigenvalue weighted by Crippen LogP contribution is 2.28. The number of nitrogens with zero attached hydrogens (tertiary/aromatic N) is 4. The maximum atomic E-state index is 13.4. The number of Topliss-reactive ketones (excluding diaryl/α,β-unsaturated/α-hetero) is 1. The molecule has 142 valence electrons. The molecule has 1 aliphatic rings. The molecular formula is C22H17N5O2. The van der Waals surface area contributed by atoms with E-state index in [0.29, 0.717) is 23.5 Å². The van der Waals surface area contributed by atoms with Crippen molar-refractivity contribution in [2.45, 2.75) is 13.5 Å². The maximum Gasteiger partial charge on any atom is 0.221 e. The zero-order valence-corrected chi connectivity index (χ0v) is 15.7. The van der Waals surface area contributed by atoms with Crippen LogP contribution in [0.15, 0.2) is 60.8 Å². The van der Waals surface area contributed by atoms with Gasteiger partial charge in [-0.2, -0.15) is 0 Å². The Morgan fingerprint density at radius 2 is 1.93 bits per heavy atom. The monoisotopic (exact) mass is 383 g/mol. The quantitative estimate of drug-likeness (QED) is 0.550. The molecule has 0 unspecified atom stereocenters. The summed E-state index contributed by atoms with van der Waals surface area (Å²) < 4.78 is 3.74. The van der Waals surface area contributed by atoms with E-state index in [4.69, 9.17) is 0 Å². The molecule has 29 heavy (non-hydrogen) atoms. The molecule has 2 aromatic heterocycles. The van der Waals surface area contributed by atoms with Crippen LogP contribution in [0.1, 0.15) is 28.7 Å². The van der Waals surface area contributed by atoms with Gasteiger partial charge in [0.15, 0.2) is 0 Å². The number of para-hydroxylation sites is 1. The smallest absolute Gasteiger partial charge is 0.221 e. The number of ketones is 1. The zero-order valence-electron chi connectivity index (χ0n) is 15.7. The lowest BCUT2D eigenvalue weighted by atomic mass is 10.1. The molecule has 1 aliphatic heterocycles. The molecule has 4 aromatic rings. The minimum atomic E-state index is -0.192. The fourth-order valence-corrected chi connectivity index (χ4v) is 3.71. The van der Waals surface area contributed by atoms with Crippen LogP contribution in [0.3, 0.4) is 0 Å². The molecule has 7 nitrogen and oxygen atoms in total. The topological polar surface area (TPSA) is 81.8 Å². The number of rotatable bonds is 3. The van der Waals surface area contributed by atoms with Gasteiger partial charge in [-0.05, 0) is 30.3 Å². The lowest BCUT2D eigenvalue weighted by Gasteiger charge is -2.09. The predicted octanol–water partition coefficient (Wildman–Crippen LogP) is 3.43. The largest absolute Gasteiger partial charge is 0.335 e. The van der Waals surface area contributed by atoms with Crippen LogP contribution >= 0.6 is 0 Å². The van der Waals surface area contributed by atoms with Gasteiger partial charge in [-0.3, -0.25) is 9.59 Å². The van der Waals surface area contributed by atoms with Gasteiger partial charge in [0, 0.05) is 34.8 Å². The van der Waals surface area contributed by atoms with E-state index in [0.717, 1.165) is 22.3 Å². The molecule has 3 heterocycles. The summed E-state index contributed by atoms with van der Waals surface area (Å²) in [5.41, 5.74) is 4.30. The Balaban J connectivity index is 1.65. The van der Waals surface area contributed by atoms with Crippen molar-refractivity contribution < 1.29 is 9.59 Å². The standard InChI is InChI=1S/C22H17N5O2/c1-14(28)24-17-7-4-6-16(9-17)22(29)21-11-18-10-15-5-2-3-8-20(15)26(18)13-19-12-23-25-27(19)21/h2-12H,13H2,1H3,(H,24,28). The van der Waals surface area contributed by atoms with Gasteiger partial charge in [-0.25, -0.2) is 4.68 Å². The van der Waals surface area contributed by atoms with Crippen LogP contribution in [-0.4, -0.2) is 31.3 Å². The van der Waals surface area contributed by atoms with Crippen molar-refractivity contribution in [2.24, 2.45) is 0 Å².